The number of rotatable bonds is 4. The summed E-state index contributed by atoms with van der Waals surface area (Å²) >= 11 is 0. The van der Waals surface area contributed by atoms with Crippen molar-refractivity contribution in [1.29, 1.82) is 0 Å². The molecule has 1 atom stereocenters. The van der Waals surface area contributed by atoms with E-state index >= 15 is 0 Å². The average Bonchev–Trinajstić information content (AvgIpc) is 2.91. The van der Waals surface area contributed by atoms with Crippen molar-refractivity contribution in [2.45, 2.75) is 6.10 Å². The molecule has 1 unspecified atom stereocenters. The van der Waals surface area contributed by atoms with Gasteiger partial charge in [0.2, 0.25) is 0 Å². The number of imidazole rings is 1. The number of H-pyrrole nitrogens is 1. The Labute approximate surface area is 120 Å². The van der Waals surface area contributed by atoms with E-state index in [0.29, 0.717) is 17.0 Å². The Morgan fingerprint density at radius 1 is 1.33 bits per heavy atom. The van der Waals surface area contributed by atoms with Crippen LogP contribution in [0.1, 0.15) is 27.8 Å². The summed E-state index contributed by atoms with van der Waals surface area (Å²) in [5.41, 5.74) is 2.11. The lowest BCUT2D eigenvalue weighted by atomic mass is 10.1. The van der Waals surface area contributed by atoms with Crippen LogP contribution in [0.3, 0.4) is 0 Å². The SMILES string of the molecule is COC(c1ccccc1)c1nc2ncc(C(=O)O)cc2[nH]1. The van der Waals surface area contributed by atoms with Gasteiger partial charge in [0.15, 0.2) is 5.65 Å². The molecule has 2 heterocycles. The Morgan fingerprint density at radius 3 is 2.76 bits per heavy atom. The molecule has 6 nitrogen and oxygen atoms in total. The van der Waals surface area contributed by atoms with Gasteiger partial charge in [-0.2, -0.15) is 0 Å². The molecule has 0 saturated carbocycles. The summed E-state index contributed by atoms with van der Waals surface area (Å²) in [5, 5.41) is 8.99. The molecule has 6 heteroatoms. The van der Waals surface area contributed by atoms with Crippen molar-refractivity contribution in [2.24, 2.45) is 0 Å². The number of aromatic amines is 1. The maximum atomic E-state index is 11.0. The number of pyridine rings is 1. The van der Waals surface area contributed by atoms with Gasteiger partial charge in [-0.15, -0.1) is 0 Å². The van der Waals surface area contributed by atoms with Crippen molar-refractivity contribution < 1.29 is 14.6 Å². The third-order valence-electron chi connectivity index (χ3n) is 3.19. The highest BCUT2D eigenvalue weighted by Crippen LogP contribution is 2.24. The minimum Gasteiger partial charge on any atom is -0.478 e. The lowest BCUT2D eigenvalue weighted by molar-refractivity contribution is 0.0696. The van der Waals surface area contributed by atoms with Gasteiger partial charge in [0, 0.05) is 13.3 Å². The van der Waals surface area contributed by atoms with Gasteiger partial charge in [-0.25, -0.2) is 14.8 Å². The summed E-state index contributed by atoms with van der Waals surface area (Å²) in [6.07, 6.45) is 0.938. The van der Waals surface area contributed by atoms with Gasteiger partial charge in [0.05, 0.1) is 11.1 Å². The second-order valence-electron chi connectivity index (χ2n) is 4.55. The number of ether oxygens (including phenoxy) is 1. The number of methoxy groups -OCH3 is 1. The molecule has 0 saturated heterocycles. The van der Waals surface area contributed by atoms with E-state index in [9.17, 15) is 4.79 Å². The first-order chi connectivity index (χ1) is 10.2. The fraction of sp³-hybridized carbons (Fsp3) is 0.133. The normalized spacial score (nSPS) is 12.4. The summed E-state index contributed by atoms with van der Waals surface area (Å²) in [6, 6.07) is 11.2. The number of nitrogens with one attached hydrogen (secondary N) is 1. The first kappa shape index (κ1) is 13.3. The van der Waals surface area contributed by atoms with Crippen molar-refractivity contribution in [1.82, 2.24) is 15.0 Å². The van der Waals surface area contributed by atoms with Gasteiger partial charge >= 0.3 is 5.97 Å². The van der Waals surface area contributed by atoms with Gasteiger partial charge in [0.1, 0.15) is 11.9 Å². The molecular weight excluding hydrogens is 270 g/mol. The molecule has 3 aromatic rings. The molecule has 2 aromatic heterocycles. The standard InChI is InChI=1S/C15H13N3O3/c1-21-12(9-5-3-2-4-6-9)14-17-11-7-10(15(19)20)8-16-13(11)18-14/h2-8,12H,1H3,(H,19,20)(H,16,17,18). The van der Waals surface area contributed by atoms with Crippen molar-refractivity contribution >= 4 is 17.1 Å². The third-order valence-corrected chi connectivity index (χ3v) is 3.19. The van der Waals surface area contributed by atoms with Gasteiger partial charge < -0.3 is 14.8 Å². The minimum absolute atomic E-state index is 0.117. The molecule has 0 bridgehead atoms. The predicted octanol–water partition coefficient (Wildman–Crippen LogP) is 2.39. The molecule has 0 amide bonds. The Morgan fingerprint density at radius 2 is 2.10 bits per heavy atom. The van der Waals surface area contributed by atoms with E-state index < -0.39 is 5.97 Å². The second kappa shape index (κ2) is 5.34. The topological polar surface area (TPSA) is 88.1 Å². The highest BCUT2D eigenvalue weighted by Gasteiger charge is 2.18. The molecule has 0 aliphatic carbocycles. The molecule has 0 aliphatic rings. The maximum Gasteiger partial charge on any atom is 0.337 e. The zero-order valence-corrected chi connectivity index (χ0v) is 11.3. The molecule has 0 aliphatic heterocycles. The molecule has 0 radical (unpaired) electrons. The number of benzene rings is 1. The van der Waals surface area contributed by atoms with Crippen LogP contribution in [0.2, 0.25) is 0 Å². The fourth-order valence-corrected chi connectivity index (χ4v) is 2.19. The van der Waals surface area contributed by atoms with E-state index in [-0.39, 0.29) is 11.7 Å². The van der Waals surface area contributed by atoms with E-state index in [2.05, 4.69) is 15.0 Å². The zero-order chi connectivity index (χ0) is 14.8. The van der Waals surface area contributed by atoms with Gasteiger partial charge in [-0.05, 0) is 11.6 Å². The number of nitrogens with zero attached hydrogens (tertiary/aromatic N) is 2. The summed E-state index contributed by atoms with van der Waals surface area (Å²) in [5.74, 6) is -0.430. The first-order valence-corrected chi connectivity index (χ1v) is 6.35. The zero-order valence-electron chi connectivity index (χ0n) is 11.3. The van der Waals surface area contributed by atoms with Crippen LogP contribution in [-0.2, 0) is 4.74 Å². The summed E-state index contributed by atoms with van der Waals surface area (Å²) < 4.78 is 5.49. The molecule has 2 N–H and O–H groups in total. The van der Waals surface area contributed by atoms with E-state index in [1.54, 1.807) is 7.11 Å². The smallest absolute Gasteiger partial charge is 0.337 e. The molecule has 0 spiro atoms. The summed E-state index contributed by atoms with van der Waals surface area (Å²) in [7, 11) is 1.60. The first-order valence-electron chi connectivity index (χ1n) is 6.35. The van der Waals surface area contributed by atoms with Crippen LogP contribution in [0.4, 0.5) is 0 Å². The molecule has 1 aromatic carbocycles. The monoisotopic (exact) mass is 283 g/mol. The molecule has 3 rings (SSSR count). The quantitative estimate of drug-likeness (QED) is 0.767. The maximum absolute atomic E-state index is 11.0. The van der Waals surface area contributed by atoms with Crippen LogP contribution in [0.25, 0.3) is 11.2 Å². The lowest BCUT2D eigenvalue weighted by Gasteiger charge is -2.12. The van der Waals surface area contributed by atoms with Crippen molar-refractivity contribution in [3.05, 3.63) is 59.5 Å². The van der Waals surface area contributed by atoms with Gasteiger partial charge in [-0.1, -0.05) is 30.3 Å². The molecule has 21 heavy (non-hydrogen) atoms. The Hall–Kier alpha value is -2.73. The number of aromatic carboxylic acids is 1. The number of carboxylic acid groups (broad SMARTS) is 1. The second-order valence-corrected chi connectivity index (χ2v) is 4.55. The van der Waals surface area contributed by atoms with Crippen LogP contribution in [-0.4, -0.2) is 33.1 Å². The highest BCUT2D eigenvalue weighted by molar-refractivity contribution is 5.90. The third kappa shape index (κ3) is 2.48. The summed E-state index contributed by atoms with van der Waals surface area (Å²) in [6.45, 7) is 0. The fourth-order valence-electron chi connectivity index (χ4n) is 2.19. The van der Waals surface area contributed by atoms with E-state index in [1.165, 1.54) is 12.3 Å². The van der Waals surface area contributed by atoms with Gasteiger partial charge in [-0.3, -0.25) is 0 Å². The van der Waals surface area contributed by atoms with E-state index in [0.717, 1.165) is 5.56 Å². The van der Waals surface area contributed by atoms with Gasteiger partial charge in [0.25, 0.3) is 0 Å². The van der Waals surface area contributed by atoms with Crippen LogP contribution in [0.15, 0.2) is 42.6 Å². The average molecular weight is 283 g/mol. The van der Waals surface area contributed by atoms with Crippen LogP contribution in [0.5, 0.6) is 0 Å². The minimum atomic E-state index is -1.02. The van der Waals surface area contributed by atoms with Crippen LogP contribution < -0.4 is 0 Å². The van der Waals surface area contributed by atoms with Crippen molar-refractivity contribution in [3.8, 4) is 0 Å². The Balaban J connectivity index is 2.05. The molecule has 0 fully saturated rings. The number of carbonyl (C=O) groups is 1. The highest BCUT2D eigenvalue weighted by atomic mass is 16.5. The van der Waals surface area contributed by atoms with Crippen molar-refractivity contribution in [3.63, 3.8) is 0 Å². The molecule has 106 valence electrons. The van der Waals surface area contributed by atoms with Crippen LogP contribution >= 0.6 is 0 Å². The lowest BCUT2D eigenvalue weighted by Crippen LogP contribution is -2.05. The van der Waals surface area contributed by atoms with E-state index in [4.69, 9.17) is 9.84 Å². The summed E-state index contributed by atoms with van der Waals surface area (Å²) in [4.78, 5) is 22.5. The number of hydrogen-bond acceptors (Lipinski definition) is 4. The number of fused-ring (bicyclic) bond motifs is 1. The van der Waals surface area contributed by atoms with Crippen molar-refractivity contribution in [2.75, 3.05) is 7.11 Å². The number of carboxylic acids is 1. The van der Waals surface area contributed by atoms with Crippen LogP contribution in [0, 0.1) is 0 Å². The number of aromatic nitrogens is 3. The van der Waals surface area contributed by atoms with E-state index in [1.807, 2.05) is 30.3 Å². The number of hydrogen-bond donors (Lipinski definition) is 2. The Kier molecular flexibility index (Phi) is 3.37. The molecular formula is C15H13N3O3. The Bertz CT molecular complexity index is 783. The predicted molar refractivity (Wildman–Crippen MR) is 76.1 cm³/mol. The largest absolute Gasteiger partial charge is 0.478 e.